The van der Waals surface area contributed by atoms with E-state index in [4.69, 9.17) is 11.6 Å². The van der Waals surface area contributed by atoms with Gasteiger partial charge >= 0.3 is 5.97 Å². The third-order valence-electron chi connectivity index (χ3n) is 3.32. The normalized spacial score (nSPS) is 20.3. The van der Waals surface area contributed by atoms with Crippen molar-refractivity contribution in [3.63, 3.8) is 0 Å². The van der Waals surface area contributed by atoms with Gasteiger partial charge < -0.3 is 5.11 Å². The molecule has 5 heteroatoms. The summed E-state index contributed by atoms with van der Waals surface area (Å²) in [7, 11) is 0. The van der Waals surface area contributed by atoms with Gasteiger partial charge in [-0.2, -0.15) is 5.10 Å². The molecule has 16 heavy (non-hydrogen) atoms. The topological polar surface area (TPSA) is 55.1 Å². The molecule has 2 rings (SSSR count). The summed E-state index contributed by atoms with van der Waals surface area (Å²) >= 11 is 5.81. The summed E-state index contributed by atoms with van der Waals surface area (Å²) in [4.78, 5) is 11.5. The molecule has 0 unspecified atom stereocenters. The number of carboxylic acid groups (broad SMARTS) is 1. The number of rotatable bonds is 2. The molecule has 88 valence electrons. The first-order chi connectivity index (χ1) is 7.65. The van der Waals surface area contributed by atoms with E-state index in [1.807, 2.05) is 0 Å². The number of carboxylic acids is 1. The number of nitrogens with zero attached hydrogens (tertiary/aromatic N) is 2. The second kappa shape index (κ2) is 4.45. The van der Waals surface area contributed by atoms with Gasteiger partial charge in [0.05, 0.1) is 11.2 Å². The number of aliphatic carboxylic acids is 1. The fraction of sp³-hybridized carbons (Fsp3) is 0.636. The number of carbonyl (C=O) groups is 1. The molecule has 1 aromatic rings. The molecule has 1 saturated carbocycles. The molecule has 0 spiro atoms. The van der Waals surface area contributed by atoms with Gasteiger partial charge in [0.25, 0.3) is 0 Å². The van der Waals surface area contributed by atoms with E-state index in [0.29, 0.717) is 17.9 Å². The van der Waals surface area contributed by atoms with Crippen molar-refractivity contribution in [2.45, 2.75) is 44.1 Å². The number of halogens is 1. The fourth-order valence-electron chi connectivity index (χ4n) is 2.39. The summed E-state index contributed by atoms with van der Waals surface area (Å²) in [6.45, 7) is 0. The Balaban J connectivity index is 2.37. The smallest absolute Gasteiger partial charge is 0.331 e. The third kappa shape index (κ3) is 1.94. The lowest BCUT2D eigenvalue weighted by Gasteiger charge is -2.28. The van der Waals surface area contributed by atoms with Crippen LogP contribution >= 0.6 is 11.6 Å². The molecule has 1 aromatic heterocycles. The van der Waals surface area contributed by atoms with Crippen molar-refractivity contribution in [3.05, 3.63) is 17.4 Å². The molecular weight excluding hydrogens is 228 g/mol. The SMILES string of the molecule is O=C(O)C1(n2cc(Cl)cn2)CCCCCC1. The molecule has 0 radical (unpaired) electrons. The summed E-state index contributed by atoms with van der Waals surface area (Å²) in [6, 6.07) is 0. The first kappa shape index (κ1) is 11.5. The molecule has 1 N–H and O–H groups in total. The van der Waals surface area contributed by atoms with Crippen LogP contribution in [0.25, 0.3) is 0 Å². The quantitative estimate of drug-likeness (QED) is 0.812. The average molecular weight is 243 g/mol. The van der Waals surface area contributed by atoms with Crippen molar-refractivity contribution in [3.8, 4) is 0 Å². The lowest BCUT2D eigenvalue weighted by atomic mass is 9.90. The molecule has 0 aromatic carbocycles. The summed E-state index contributed by atoms with van der Waals surface area (Å²) in [5, 5.41) is 14.0. The molecule has 1 aliphatic rings. The first-order valence-corrected chi connectivity index (χ1v) is 5.97. The highest BCUT2D eigenvalue weighted by Gasteiger charge is 2.41. The number of hydrogen-bond donors (Lipinski definition) is 1. The fourth-order valence-corrected chi connectivity index (χ4v) is 2.53. The van der Waals surface area contributed by atoms with Gasteiger partial charge in [0.1, 0.15) is 0 Å². The van der Waals surface area contributed by atoms with E-state index in [1.165, 1.54) is 10.9 Å². The molecular formula is C11H15ClN2O2. The highest BCUT2D eigenvalue weighted by atomic mass is 35.5. The van der Waals surface area contributed by atoms with Gasteiger partial charge in [-0.15, -0.1) is 0 Å². The minimum Gasteiger partial charge on any atom is -0.479 e. The second-order valence-electron chi connectivity index (χ2n) is 4.35. The molecule has 0 atom stereocenters. The van der Waals surface area contributed by atoms with Crippen molar-refractivity contribution < 1.29 is 9.90 Å². The Bertz CT molecular complexity index is 381. The van der Waals surface area contributed by atoms with Crippen LogP contribution in [0.1, 0.15) is 38.5 Å². The molecule has 4 nitrogen and oxygen atoms in total. The zero-order valence-corrected chi connectivity index (χ0v) is 9.78. The van der Waals surface area contributed by atoms with E-state index in [1.54, 1.807) is 6.20 Å². The summed E-state index contributed by atoms with van der Waals surface area (Å²) in [5.41, 5.74) is -0.885. The monoisotopic (exact) mass is 242 g/mol. The zero-order valence-electron chi connectivity index (χ0n) is 9.03. The highest BCUT2D eigenvalue weighted by Crippen LogP contribution is 2.34. The van der Waals surface area contributed by atoms with E-state index in [9.17, 15) is 9.90 Å². The summed E-state index contributed by atoms with van der Waals surface area (Å²) in [5.74, 6) is -0.797. The standard InChI is InChI=1S/C11H15ClN2O2/c12-9-7-13-14(8-9)11(10(15)16)5-3-1-2-4-6-11/h7-8H,1-6H2,(H,15,16). The van der Waals surface area contributed by atoms with Gasteiger partial charge in [-0.05, 0) is 12.8 Å². The lowest BCUT2D eigenvalue weighted by molar-refractivity contribution is -0.149. The van der Waals surface area contributed by atoms with Crippen LogP contribution in [0.4, 0.5) is 0 Å². The van der Waals surface area contributed by atoms with Crippen LogP contribution in [0.5, 0.6) is 0 Å². The maximum Gasteiger partial charge on any atom is 0.331 e. The maximum atomic E-state index is 11.5. The summed E-state index contributed by atoms with van der Waals surface area (Å²) < 4.78 is 1.53. The minimum absolute atomic E-state index is 0.491. The van der Waals surface area contributed by atoms with E-state index in [2.05, 4.69) is 5.10 Å². The van der Waals surface area contributed by atoms with Gasteiger partial charge in [-0.3, -0.25) is 4.68 Å². The number of hydrogen-bond acceptors (Lipinski definition) is 2. The van der Waals surface area contributed by atoms with E-state index >= 15 is 0 Å². The molecule has 1 fully saturated rings. The molecule has 1 aliphatic carbocycles. The van der Waals surface area contributed by atoms with Gasteiger partial charge in [-0.1, -0.05) is 37.3 Å². The van der Waals surface area contributed by atoms with Crippen LogP contribution in [-0.2, 0) is 10.3 Å². The van der Waals surface area contributed by atoms with Gasteiger partial charge in [0, 0.05) is 6.20 Å². The van der Waals surface area contributed by atoms with Crippen LogP contribution in [-0.4, -0.2) is 20.9 Å². The maximum absolute atomic E-state index is 11.5. The van der Waals surface area contributed by atoms with Gasteiger partial charge in [-0.25, -0.2) is 4.79 Å². The van der Waals surface area contributed by atoms with Crippen LogP contribution in [0.2, 0.25) is 5.02 Å². The van der Waals surface area contributed by atoms with Crippen molar-refractivity contribution in [2.24, 2.45) is 0 Å². The van der Waals surface area contributed by atoms with Crippen LogP contribution < -0.4 is 0 Å². The predicted octanol–water partition coefficient (Wildman–Crippen LogP) is 2.67. The molecule has 0 amide bonds. The number of aromatic nitrogens is 2. The lowest BCUT2D eigenvalue weighted by Crippen LogP contribution is -2.41. The van der Waals surface area contributed by atoms with Crippen LogP contribution in [0, 0.1) is 0 Å². The summed E-state index contributed by atoms with van der Waals surface area (Å²) in [6.07, 6.45) is 8.46. The molecule has 0 aliphatic heterocycles. The predicted molar refractivity (Wildman–Crippen MR) is 60.5 cm³/mol. The van der Waals surface area contributed by atoms with Crippen LogP contribution in [0.15, 0.2) is 12.4 Å². The minimum atomic E-state index is -0.885. The van der Waals surface area contributed by atoms with Gasteiger partial charge in [0.15, 0.2) is 5.54 Å². The Labute approximate surface area is 99.2 Å². The molecule has 0 bridgehead atoms. The Hall–Kier alpha value is -1.03. The van der Waals surface area contributed by atoms with E-state index in [-0.39, 0.29) is 0 Å². The zero-order chi connectivity index (χ0) is 11.6. The Morgan fingerprint density at radius 2 is 2.00 bits per heavy atom. The van der Waals surface area contributed by atoms with Crippen molar-refractivity contribution >= 4 is 17.6 Å². The van der Waals surface area contributed by atoms with Gasteiger partial charge in [0.2, 0.25) is 0 Å². The Kier molecular flexibility index (Phi) is 3.19. The Morgan fingerprint density at radius 1 is 1.38 bits per heavy atom. The molecule has 1 heterocycles. The first-order valence-electron chi connectivity index (χ1n) is 5.59. The van der Waals surface area contributed by atoms with E-state index in [0.717, 1.165) is 25.7 Å². The highest BCUT2D eigenvalue weighted by molar-refractivity contribution is 6.30. The van der Waals surface area contributed by atoms with Crippen LogP contribution in [0.3, 0.4) is 0 Å². The van der Waals surface area contributed by atoms with Crippen molar-refractivity contribution in [1.82, 2.24) is 9.78 Å². The molecule has 0 saturated heterocycles. The van der Waals surface area contributed by atoms with Crippen molar-refractivity contribution in [1.29, 1.82) is 0 Å². The van der Waals surface area contributed by atoms with Crippen molar-refractivity contribution in [2.75, 3.05) is 0 Å². The third-order valence-corrected chi connectivity index (χ3v) is 3.51. The Morgan fingerprint density at radius 3 is 2.44 bits per heavy atom. The average Bonchev–Trinajstić information content (AvgIpc) is 2.55. The second-order valence-corrected chi connectivity index (χ2v) is 4.79. The largest absolute Gasteiger partial charge is 0.479 e. The van der Waals surface area contributed by atoms with E-state index < -0.39 is 11.5 Å².